The fourth-order valence-electron chi connectivity index (χ4n) is 2.12. The van der Waals surface area contributed by atoms with Gasteiger partial charge >= 0.3 is 0 Å². The van der Waals surface area contributed by atoms with Crippen molar-refractivity contribution >= 4 is 31.8 Å². The molecule has 0 fully saturated rings. The molecule has 1 aromatic heterocycles. The summed E-state index contributed by atoms with van der Waals surface area (Å²) in [6.07, 6.45) is 2.80. The van der Waals surface area contributed by atoms with Crippen molar-refractivity contribution < 1.29 is 17.9 Å². The van der Waals surface area contributed by atoms with Crippen LogP contribution in [0.5, 0.6) is 11.6 Å². The number of aromatic nitrogens is 2. The molecular weight excluding hydrogens is 434 g/mol. The standard InChI is InChI=1S/C18H16BrN3O4S/c19-14-6-8-16(9-7-14)27(23,24)22-17-18(21-11-10-20-17)26-13-12-25-15-4-2-1-3-5-15/h1-11H,12-13H2,(H,20,22). The van der Waals surface area contributed by atoms with E-state index in [4.69, 9.17) is 9.47 Å². The first-order valence-electron chi connectivity index (χ1n) is 7.95. The summed E-state index contributed by atoms with van der Waals surface area (Å²) in [5.41, 5.74) is 0. The van der Waals surface area contributed by atoms with Crippen LogP contribution in [-0.2, 0) is 10.0 Å². The first kappa shape index (κ1) is 19.1. The first-order valence-corrected chi connectivity index (χ1v) is 10.2. The molecular formula is C18H16BrN3O4S. The number of benzene rings is 2. The maximum absolute atomic E-state index is 12.5. The van der Waals surface area contributed by atoms with E-state index in [0.29, 0.717) is 0 Å². The number of rotatable bonds is 8. The maximum Gasteiger partial charge on any atom is 0.263 e. The zero-order valence-corrected chi connectivity index (χ0v) is 16.5. The molecule has 140 valence electrons. The fraction of sp³-hybridized carbons (Fsp3) is 0.111. The number of ether oxygens (including phenoxy) is 2. The van der Waals surface area contributed by atoms with Crippen LogP contribution in [0.25, 0.3) is 0 Å². The Bertz CT molecular complexity index is 983. The third kappa shape index (κ3) is 5.41. The molecule has 27 heavy (non-hydrogen) atoms. The molecule has 0 aliphatic carbocycles. The Morgan fingerprint density at radius 2 is 1.56 bits per heavy atom. The summed E-state index contributed by atoms with van der Waals surface area (Å²) in [7, 11) is -3.81. The Kier molecular flexibility index (Phi) is 6.25. The second-order valence-electron chi connectivity index (χ2n) is 5.28. The molecule has 0 saturated carbocycles. The molecule has 0 atom stereocenters. The number of sulfonamides is 1. The molecule has 1 N–H and O–H groups in total. The SMILES string of the molecule is O=S(=O)(Nc1nccnc1OCCOc1ccccc1)c1ccc(Br)cc1. The van der Waals surface area contributed by atoms with Crippen LogP contribution in [0.3, 0.4) is 0 Å². The van der Waals surface area contributed by atoms with Gasteiger partial charge in [-0.25, -0.2) is 18.4 Å². The van der Waals surface area contributed by atoms with Crippen molar-refractivity contribution in [2.24, 2.45) is 0 Å². The maximum atomic E-state index is 12.5. The molecule has 9 heteroatoms. The number of nitrogens with one attached hydrogen (secondary N) is 1. The summed E-state index contributed by atoms with van der Waals surface area (Å²) >= 11 is 3.27. The summed E-state index contributed by atoms with van der Waals surface area (Å²) < 4.78 is 39.3. The molecule has 0 bridgehead atoms. The van der Waals surface area contributed by atoms with Crippen LogP contribution in [-0.4, -0.2) is 31.6 Å². The van der Waals surface area contributed by atoms with Gasteiger partial charge in [0.05, 0.1) is 4.90 Å². The highest BCUT2D eigenvalue weighted by atomic mass is 79.9. The number of nitrogens with zero attached hydrogens (tertiary/aromatic N) is 2. The van der Waals surface area contributed by atoms with E-state index in [1.165, 1.54) is 24.5 Å². The van der Waals surface area contributed by atoms with E-state index in [1.807, 2.05) is 30.3 Å². The number of hydrogen-bond acceptors (Lipinski definition) is 6. The summed E-state index contributed by atoms with van der Waals surface area (Å²) in [5.74, 6) is 0.811. The van der Waals surface area contributed by atoms with E-state index < -0.39 is 10.0 Å². The van der Waals surface area contributed by atoms with Crippen LogP contribution in [0.1, 0.15) is 0 Å². The Morgan fingerprint density at radius 3 is 2.30 bits per heavy atom. The lowest BCUT2D eigenvalue weighted by atomic mass is 10.3. The molecule has 7 nitrogen and oxygen atoms in total. The van der Waals surface area contributed by atoms with Gasteiger partial charge in [-0.3, -0.25) is 4.72 Å². The van der Waals surface area contributed by atoms with Crippen molar-refractivity contribution in [3.63, 3.8) is 0 Å². The van der Waals surface area contributed by atoms with E-state index in [1.54, 1.807) is 12.1 Å². The van der Waals surface area contributed by atoms with Crippen molar-refractivity contribution in [1.29, 1.82) is 0 Å². The van der Waals surface area contributed by atoms with Gasteiger partial charge in [-0.2, -0.15) is 0 Å². The van der Waals surface area contributed by atoms with Gasteiger partial charge in [-0.1, -0.05) is 34.1 Å². The van der Waals surface area contributed by atoms with Gasteiger partial charge in [-0.05, 0) is 36.4 Å². The van der Waals surface area contributed by atoms with Crippen LogP contribution in [0, 0.1) is 0 Å². The number of anilines is 1. The molecule has 0 spiro atoms. The number of halogens is 1. The predicted octanol–water partition coefficient (Wildman–Crippen LogP) is 3.50. The van der Waals surface area contributed by atoms with Crippen molar-refractivity contribution in [3.8, 4) is 11.6 Å². The molecule has 0 aliphatic heterocycles. The second kappa shape index (κ2) is 8.83. The minimum absolute atomic E-state index is 0.0140. The molecule has 0 saturated heterocycles. The summed E-state index contributed by atoms with van der Waals surface area (Å²) in [6.45, 7) is 0.458. The molecule has 0 aliphatic rings. The average molecular weight is 450 g/mol. The van der Waals surface area contributed by atoms with Crippen LogP contribution in [0.2, 0.25) is 0 Å². The largest absolute Gasteiger partial charge is 0.490 e. The normalized spacial score (nSPS) is 11.0. The van der Waals surface area contributed by atoms with Crippen LogP contribution in [0.4, 0.5) is 5.82 Å². The third-order valence-corrected chi connectivity index (χ3v) is 5.24. The van der Waals surface area contributed by atoms with E-state index in [2.05, 4.69) is 30.6 Å². The predicted molar refractivity (Wildman–Crippen MR) is 104 cm³/mol. The Balaban J connectivity index is 1.64. The minimum Gasteiger partial charge on any atom is -0.490 e. The van der Waals surface area contributed by atoms with Gasteiger partial charge in [0, 0.05) is 16.9 Å². The molecule has 1 heterocycles. The highest BCUT2D eigenvalue weighted by molar-refractivity contribution is 9.10. The quantitative estimate of drug-likeness (QED) is 0.529. The van der Waals surface area contributed by atoms with Gasteiger partial charge in [0.2, 0.25) is 5.82 Å². The first-order chi connectivity index (χ1) is 13.0. The number of hydrogen-bond donors (Lipinski definition) is 1. The Morgan fingerprint density at radius 1 is 0.889 bits per heavy atom. The zero-order valence-electron chi connectivity index (χ0n) is 14.1. The summed E-state index contributed by atoms with van der Waals surface area (Å²) in [6, 6.07) is 15.6. The van der Waals surface area contributed by atoms with Crippen molar-refractivity contribution in [3.05, 3.63) is 71.5 Å². The van der Waals surface area contributed by atoms with Gasteiger partial charge in [0.15, 0.2) is 0 Å². The summed E-state index contributed by atoms with van der Waals surface area (Å²) in [5, 5.41) is 0. The van der Waals surface area contributed by atoms with E-state index in [0.717, 1.165) is 10.2 Å². The molecule has 0 amide bonds. The van der Waals surface area contributed by atoms with Crippen molar-refractivity contribution in [1.82, 2.24) is 9.97 Å². The van der Waals surface area contributed by atoms with E-state index in [-0.39, 0.29) is 29.8 Å². The summed E-state index contributed by atoms with van der Waals surface area (Å²) in [4.78, 5) is 8.16. The monoisotopic (exact) mass is 449 g/mol. The fourth-order valence-corrected chi connectivity index (χ4v) is 3.39. The van der Waals surface area contributed by atoms with Crippen LogP contribution < -0.4 is 14.2 Å². The highest BCUT2D eigenvalue weighted by Crippen LogP contribution is 2.22. The Hall–Kier alpha value is -2.65. The van der Waals surface area contributed by atoms with Crippen molar-refractivity contribution in [2.45, 2.75) is 4.90 Å². The molecule has 0 unspecified atom stereocenters. The lowest BCUT2D eigenvalue weighted by Gasteiger charge is -2.12. The third-order valence-electron chi connectivity index (χ3n) is 3.35. The van der Waals surface area contributed by atoms with Crippen LogP contribution in [0.15, 0.2) is 76.4 Å². The molecule has 3 rings (SSSR count). The van der Waals surface area contributed by atoms with Crippen molar-refractivity contribution in [2.75, 3.05) is 17.9 Å². The zero-order chi connectivity index (χ0) is 19.1. The lowest BCUT2D eigenvalue weighted by Crippen LogP contribution is -2.16. The lowest BCUT2D eigenvalue weighted by molar-refractivity contribution is 0.212. The Labute approximate surface area is 165 Å². The highest BCUT2D eigenvalue weighted by Gasteiger charge is 2.18. The number of para-hydroxylation sites is 1. The molecule has 2 aromatic carbocycles. The minimum atomic E-state index is -3.81. The topological polar surface area (TPSA) is 90.4 Å². The van der Waals surface area contributed by atoms with E-state index >= 15 is 0 Å². The van der Waals surface area contributed by atoms with Gasteiger partial charge in [0.1, 0.15) is 19.0 Å². The molecule has 0 radical (unpaired) electrons. The smallest absolute Gasteiger partial charge is 0.263 e. The van der Waals surface area contributed by atoms with E-state index in [9.17, 15) is 8.42 Å². The second-order valence-corrected chi connectivity index (χ2v) is 7.88. The van der Waals surface area contributed by atoms with Crippen LogP contribution >= 0.6 is 15.9 Å². The average Bonchev–Trinajstić information content (AvgIpc) is 2.67. The van der Waals surface area contributed by atoms with Gasteiger partial charge < -0.3 is 9.47 Å². The van der Waals surface area contributed by atoms with Gasteiger partial charge in [0.25, 0.3) is 15.9 Å². The molecule has 3 aromatic rings. The van der Waals surface area contributed by atoms with Gasteiger partial charge in [-0.15, -0.1) is 0 Å².